The molecule has 0 fully saturated rings. The number of hydrogen-bond acceptors (Lipinski definition) is 2. The Bertz CT molecular complexity index is 641. The van der Waals surface area contributed by atoms with Crippen molar-refractivity contribution in [3.8, 4) is 0 Å². The quantitative estimate of drug-likeness (QED) is 0.726. The van der Waals surface area contributed by atoms with E-state index in [0.29, 0.717) is 23.0 Å². The summed E-state index contributed by atoms with van der Waals surface area (Å²) in [5.74, 6) is -0.493. The van der Waals surface area contributed by atoms with Crippen molar-refractivity contribution in [3.05, 3.63) is 69.6 Å². The monoisotopic (exact) mass is 323 g/mol. The molecule has 5 heteroatoms. The highest BCUT2D eigenvalue weighted by Crippen LogP contribution is 2.23. The third kappa shape index (κ3) is 4.41. The van der Waals surface area contributed by atoms with Crippen molar-refractivity contribution in [2.45, 2.75) is 13.0 Å². The van der Waals surface area contributed by atoms with Gasteiger partial charge in [-0.1, -0.05) is 35.9 Å². The van der Waals surface area contributed by atoms with E-state index in [0.717, 1.165) is 4.88 Å². The summed E-state index contributed by atoms with van der Waals surface area (Å²) < 4.78 is 14.3. The summed E-state index contributed by atoms with van der Waals surface area (Å²) >= 11 is 7.33. The number of halogens is 2. The van der Waals surface area contributed by atoms with Gasteiger partial charge < -0.3 is 4.90 Å². The lowest BCUT2D eigenvalue weighted by atomic mass is 10.1. The highest BCUT2D eigenvalue weighted by Gasteiger charge is 2.16. The number of carbonyl (C=O) groups is 1. The third-order valence-electron chi connectivity index (χ3n) is 2.98. The van der Waals surface area contributed by atoms with Gasteiger partial charge in [-0.15, -0.1) is 17.9 Å². The Kier molecular flexibility index (Phi) is 5.53. The van der Waals surface area contributed by atoms with Crippen molar-refractivity contribution < 1.29 is 9.18 Å². The minimum absolute atomic E-state index is 0.0413. The summed E-state index contributed by atoms with van der Waals surface area (Å²) in [6.45, 7) is 4.54. The van der Waals surface area contributed by atoms with Gasteiger partial charge in [-0.3, -0.25) is 4.79 Å². The predicted octanol–water partition coefficient (Wildman–Crippen LogP) is 4.30. The molecule has 2 nitrogen and oxygen atoms in total. The molecule has 21 heavy (non-hydrogen) atoms. The zero-order valence-electron chi connectivity index (χ0n) is 11.4. The van der Waals surface area contributed by atoms with Gasteiger partial charge in [0, 0.05) is 11.4 Å². The fraction of sp³-hybridized carbons (Fsp3) is 0.188. The van der Waals surface area contributed by atoms with E-state index in [-0.39, 0.29) is 18.1 Å². The topological polar surface area (TPSA) is 20.3 Å². The maximum atomic E-state index is 13.6. The second-order valence-corrected chi connectivity index (χ2v) is 6.34. The largest absolute Gasteiger partial charge is 0.334 e. The molecule has 1 aromatic heterocycles. The molecule has 1 aromatic carbocycles. The van der Waals surface area contributed by atoms with Crippen LogP contribution in [0.25, 0.3) is 0 Å². The van der Waals surface area contributed by atoms with Crippen LogP contribution in [-0.4, -0.2) is 17.4 Å². The van der Waals surface area contributed by atoms with Gasteiger partial charge in [-0.2, -0.15) is 0 Å². The summed E-state index contributed by atoms with van der Waals surface area (Å²) in [6.07, 6.45) is 1.70. The summed E-state index contributed by atoms with van der Waals surface area (Å²) in [5, 5.41) is 0. The number of rotatable bonds is 6. The number of hydrogen-bond donors (Lipinski definition) is 0. The SMILES string of the molecule is C=CCN(Cc1ccc(Cl)s1)C(=O)Cc1ccccc1F. The lowest BCUT2D eigenvalue weighted by Crippen LogP contribution is -2.31. The first-order valence-corrected chi connectivity index (χ1v) is 7.66. The molecule has 2 rings (SSSR count). The molecule has 0 aliphatic heterocycles. The second-order valence-electron chi connectivity index (χ2n) is 4.54. The van der Waals surface area contributed by atoms with Gasteiger partial charge in [0.25, 0.3) is 0 Å². The van der Waals surface area contributed by atoms with E-state index in [2.05, 4.69) is 6.58 Å². The average molecular weight is 324 g/mol. The van der Waals surface area contributed by atoms with Crippen molar-refractivity contribution in [1.29, 1.82) is 0 Å². The first kappa shape index (κ1) is 15.7. The third-order valence-corrected chi connectivity index (χ3v) is 4.19. The number of amides is 1. The van der Waals surface area contributed by atoms with Crippen LogP contribution < -0.4 is 0 Å². The van der Waals surface area contributed by atoms with Crippen LogP contribution >= 0.6 is 22.9 Å². The zero-order valence-corrected chi connectivity index (χ0v) is 13.0. The molecule has 0 spiro atoms. The summed E-state index contributed by atoms with van der Waals surface area (Å²) in [7, 11) is 0. The first-order chi connectivity index (χ1) is 10.1. The highest BCUT2D eigenvalue weighted by atomic mass is 35.5. The minimum Gasteiger partial charge on any atom is -0.334 e. The van der Waals surface area contributed by atoms with E-state index >= 15 is 0 Å². The lowest BCUT2D eigenvalue weighted by Gasteiger charge is -2.20. The summed E-state index contributed by atoms with van der Waals surface area (Å²) in [6, 6.07) is 10.0. The molecule has 1 amide bonds. The van der Waals surface area contributed by atoms with Crippen LogP contribution in [0.5, 0.6) is 0 Å². The number of thiophene rings is 1. The minimum atomic E-state index is -0.358. The summed E-state index contributed by atoms with van der Waals surface area (Å²) in [5.41, 5.74) is 0.403. The molecule has 0 N–H and O–H groups in total. The maximum absolute atomic E-state index is 13.6. The molecule has 0 saturated heterocycles. The van der Waals surface area contributed by atoms with Gasteiger partial charge >= 0.3 is 0 Å². The van der Waals surface area contributed by atoms with Gasteiger partial charge in [0.1, 0.15) is 5.82 Å². The number of carbonyl (C=O) groups excluding carboxylic acids is 1. The van der Waals surface area contributed by atoms with Gasteiger partial charge in [0.05, 0.1) is 17.3 Å². The van der Waals surface area contributed by atoms with Gasteiger partial charge in [0.15, 0.2) is 0 Å². The van der Waals surface area contributed by atoms with Crippen LogP contribution in [0.2, 0.25) is 4.34 Å². The maximum Gasteiger partial charge on any atom is 0.227 e. The molecule has 0 bridgehead atoms. The predicted molar refractivity (Wildman–Crippen MR) is 85.0 cm³/mol. The molecule has 110 valence electrons. The normalized spacial score (nSPS) is 10.4. The van der Waals surface area contributed by atoms with Crippen molar-refractivity contribution in [2.75, 3.05) is 6.54 Å². The molecule has 0 aliphatic carbocycles. The van der Waals surface area contributed by atoms with E-state index in [4.69, 9.17) is 11.6 Å². The van der Waals surface area contributed by atoms with Crippen LogP contribution in [0.3, 0.4) is 0 Å². The fourth-order valence-corrected chi connectivity index (χ4v) is 3.06. The zero-order chi connectivity index (χ0) is 15.2. The van der Waals surface area contributed by atoms with Gasteiger partial charge in [-0.05, 0) is 23.8 Å². The number of nitrogens with zero attached hydrogens (tertiary/aromatic N) is 1. The van der Waals surface area contributed by atoms with Crippen molar-refractivity contribution in [1.82, 2.24) is 4.90 Å². The Morgan fingerprint density at radius 1 is 1.33 bits per heavy atom. The first-order valence-electron chi connectivity index (χ1n) is 6.46. The smallest absolute Gasteiger partial charge is 0.227 e. The van der Waals surface area contributed by atoms with Crippen molar-refractivity contribution in [2.24, 2.45) is 0 Å². The van der Waals surface area contributed by atoms with E-state index in [9.17, 15) is 9.18 Å². The molecular formula is C16H15ClFNOS. The average Bonchev–Trinajstić information content (AvgIpc) is 2.86. The molecule has 0 radical (unpaired) electrons. The van der Waals surface area contributed by atoms with E-state index in [1.165, 1.54) is 17.4 Å². The Hall–Kier alpha value is -1.65. The van der Waals surface area contributed by atoms with Crippen molar-refractivity contribution in [3.63, 3.8) is 0 Å². The molecule has 0 saturated carbocycles. The Balaban J connectivity index is 2.08. The Morgan fingerprint density at radius 3 is 2.71 bits per heavy atom. The Labute approximate surface area is 132 Å². The van der Waals surface area contributed by atoms with E-state index < -0.39 is 0 Å². The Morgan fingerprint density at radius 2 is 2.10 bits per heavy atom. The molecule has 2 aromatic rings. The van der Waals surface area contributed by atoms with Gasteiger partial charge in [0.2, 0.25) is 5.91 Å². The van der Waals surface area contributed by atoms with Crippen LogP contribution in [-0.2, 0) is 17.8 Å². The van der Waals surface area contributed by atoms with Crippen LogP contribution in [0.4, 0.5) is 4.39 Å². The van der Waals surface area contributed by atoms with Crippen LogP contribution in [0.1, 0.15) is 10.4 Å². The van der Waals surface area contributed by atoms with Crippen molar-refractivity contribution >= 4 is 28.8 Å². The number of benzene rings is 1. The fourth-order valence-electron chi connectivity index (χ4n) is 1.95. The summed E-state index contributed by atoms with van der Waals surface area (Å²) in [4.78, 5) is 15.0. The molecule has 0 unspecified atom stereocenters. The van der Waals surface area contributed by atoms with Crippen LogP contribution in [0.15, 0.2) is 49.1 Å². The van der Waals surface area contributed by atoms with Crippen LogP contribution in [0, 0.1) is 5.82 Å². The molecular weight excluding hydrogens is 309 g/mol. The molecule has 0 aliphatic rings. The van der Waals surface area contributed by atoms with E-state index in [1.54, 1.807) is 35.2 Å². The van der Waals surface area contributed by atoms with Gasteiger partial charge in [-0.25, -0.2) is 4.39 Å². The molecule has 0 atom stereocenters. The van der Waals surface area contributed by atoms with E-state index in [1.807, 2.05) is 6.07 Å². The highest BCUT2D eigenvalue weighted by molar-refractivity contribution is 7.16. The lowest BCUT2D eigenvalue weighted by molar-refractivity contribution is -0.130. The standard InChI is InChI=1S/C16H15ClFNOS/c1-2-9-19(11-13-7-8-15(17)21-13)16(20)10-12-5-3-4-6-14(12)18/h2-8H,1,9-11H2. The molecule has 1 heterocycles. The second kappa shape index (κ2) is 7.38.